The van der Waals surface area contributed by atoms with Crippen molar-refractivity contribution in [2.45, 2.75) is 109 Å². The fourth-order valence-electron chi connectivity index (χ4n) is 3.43. The van der Waals surface area contributed by atoms with Crippen molar-refractivity contribution in [1.82, 2.24) is 0 Å². The predicted octanol–water partition coefficient (Wildman–Crippen LogP) is 5.82. The van der Waals surface area contributed by atoms with Crippen LogP contribution in [0.5, 0.6) is 0 Å². The molecule has 0 aromatic heterocycles. The van der Waals surface area contributed by atoms with Crippen LogP contribution in [0.15, 0.2) is 12.2 Å². The third-order valence-corrected chi connectivity index (χ3v) is 5.34. The molecule has 0 heterocycles. The van der Waals surface area contributed by atoms with Crippen molar-refractivity contribution in [2.75, 3.05) is 46.2 Å². The first-order valence-electron chi connectivity index (χ1n) is 13.0. The quantitative estimate of drug-likeness (QED) is 0.130. The fourth-order valence-corrected chi connectivity index (χ4v) is 3.43. The van der Waals surface area contributed by atoms with Gasteiger partial charge in [0.15, 0.2) is 0 Å². The average molecular weight is 445 g/mol. The Kier molecular flexibility index (Phi) is 27.2. The number of allylic oxidation sites excluding steroid dienone is 2. The van der Waals surface area contributed by atoms with E-state index in [1.807, 2.05) is 0 Å². The molecule has 0 aliphatic rings. The maximum absolute atomic E-state index is 9.95. The molecule has 5 nitrogen and oxygen atoms in total. The Balaban J connectivity index is 3.18. The first kappa shape index (κ1) is 30.5. The van der Waals surface area contributed by atoms with Crippen LogP contribution in [0.2, 0.25) is 0 Å². The van der Waals surface area contributed by atoms with Crippen LogP contribution >= 0.6 is 0 Å². The molecule has 0 aromatic carbocycles. The molecule has 0 aliphatic heterocycles. The van der Waals surface area contributed by atoms with Gasteiger partial charge in [-0.3, -0.25) is 0 Å². The number of aliphatic hydroxyl groups is 2. The number of hydrogen-bond acceptors (Lipinski definition) is 5. The van der Waals surface area contributed by atoms with Crippen LogP contribution in [-0.4, -0.2) is 62.6 Å². The Morgan fingerprint density at radius 3 is 1.68 bits per heavy atom. The topological polar surface area (TPSA) is 68.2 Å². The van der Waals surface area contributed by atoms with Crippen LogP contribution in [0, 0.1) is 0 Å². The smallest absolute Gasteiger partial charge is 0.0773 e. The van der Waals surface area contributed by atoms with Gasteiger partial charge in [0.1, 0.15) is 0 Å². The van der Waals surface area contributed by atoms with Gasteiger partial charge in [0.2, 0.25) is 0 Å². The summed E-state index contributed by atoms with van der Waals surface area (Å²) in [6.07, 6.45) is 23.4. The van der Waals surface area contributed by atoms with Gasteiger partial charge in [-0.1, -0.05) is 83.3 Å². The molecule has 5 heteroatoms. The minimum Gasteiger partial charge on any atom is -0.394 e. The summed E-state index contributed by atoms with van der Waals surface area (Å²) in [5.41, 5.74) is 0. The fraction of sp³-hybridized carbons (Fsp3) is 0.923. The Hall–Kier alpha value is -0.460. The van der Waals surface area contributed by atoms with Gasteiger partial charge in [-0.05, 0) is 32.1 Å². The largest absolute Gasteiger partial charge is 0.394 e. The number of ether oxygens (including phenoxy) is 3. The molecule has 1 unspecified atom stereocenters. The minimum atomic E-state index is -0.371. The summed E-state index contributed by atoms with van der Waals surface area (Å²) in [4.78, 5) is 0. The van der Waals surface area contributed by atoms with E-state index in [2.05, 4.69) is 19.1 Å². The third-order valence-electron chi connectivity index (χ3n) is 5.34. The highest BCUT2D eigenvalue weighted by Gasteiger charge is 2.04. The van der Waals surface area contributed by atoms with E-state index in [0.717, 1.165) is 12.8 Å². The standard InChI is InChI=1S/C26H52O5/c1-2-3-4-5-6-7-8-9-10-11-12-13-14-15-16-17-18-26(28)25-31-24-23-30-22-21-29-20-19-27/h9-10,26-28H,2-8,11-25H2,1H3/b10-9-. The molecule has 0 aromatic rings. The number of rotatable bonds is 26. The van der Waals surface area contributed by atoms with E-state index in [9.17, 15) is 5.11 Å². The molecule has 0 rings (SSSR count). The van der Waals surface area contributed by atoms with E-state index in [1.54, 1.807) is 0 Å². The van der Waals surface area contributed by atoms with E-state index in [0.29, 0.717) is 39.6 Å². The molecule has 0 aliphatic carbocycles. The molecule has 0 saturated heterocycles. The summed E-state index contributed by atoms with van der Waals surface area (Å²) in [5, 5.41) is 18.5. The zero-order chi connectivity index (χ0) is 22.7. The molecule has 0 spiro atoms. The van der Waals surface area contributed by atoms with Gasteiger partial charge in [-0.2, -0.15) is 0 Å². The van der Waals surface area contributed by atoms with Crippen molar-refractivity contribution in [1.29, 1.82) is 0 Å². The Morgan fingerprint density at radius 2 is 1.10 bits per heavy atom. The van der Waals surface area contributed by atoms with Crippen LogP contribution in [0.4, 0.5) is 0 Å². The highest BCUT2D eigenvalue weighted by molar-refractivity contribution is 4.81. The second-order valence-corrected chi connectivity index (χ2v) is 8.40. The van der Waals surface area contributed by atoms with Gasteiger partial charge in [-0.25, -0.2) is 0 Å². The zero-order valence-electron chi connectivity index (χ0n) is 20.4. The molecule has 0 amide bonds. The third kappa shape index (κ3) is 27.5. The summed E-state index contributed by atoms with van der Waals surface area (Å²) in [5.74, 6) is 0. The second-order valence-electron chi connectivity index (χ2n) is 8.40. The lowest BCUT2D eigenvalue weighted by atomic mass is 10.1. The van der Waals surface area contributed by atoms with Crippen molar-refractivity contribution in [3.05, 3.63) is 12.2 Å². The van der Waals surface area contributed by atoms with Crippen molar-refractivity contribution in [3.8, 4) is 0 Å². The highest BCUT2D eigenvalue weighted by atomic mass is 16.5. The van der Waals surface area contributed by atoms with E-state index in [-0.39, 0.29) is 12.7 Å². The molecule has 31 heavy (non-hydrogen) atoms. The number of aliphatic hydroxyl groups excluding tert-OH is 2. The summed E-state index contributed by atoms with van der Waals surface area (Å²) in [7, 11) is 0. The van der Waals surface area contributed by atoms with Crippen LogP contribution < -0.4 is 0 Å². The molecule has 0 radical (unpaired) electrons. The Bertz CT molecular complexity index is 349. The molecular formula is C26H52O5. The summed E-state index contributed by atoms with van der Waals surface area (Å²) in [6.45, 7) is 5.02. The summed E-state index contributed by atoms with van der Waals surface area (Å²) in [6, 6.07) is 0. The van der Waals surface area contributed by atoms with E-state index >= 15 is 0 Å². The lowest BCUT2D eigenvalue weighted by Crippen LogP contribution is -2.18. The first-order valence-corrected chi connectivity index (χ1v) is 13.0. The van der Waals surface area contributed by atoms with E-state index in [1.165, 1.54) is 83.5 Å². The molecule has 0 bridgehead atoms. The number of unbranched alkanes of at least 4 members (excludes halogenated alkanes) is 12. The molecule has 1 atom stereocenters. The molecular weight excluding hydrogens is 392 g/mol. The maximum Gasteiger partial charge on any atom is 0.0773 e. The maximum atomic E-state index is 9.95. The van der Waals surface area contributed by atoms with Gasteiger partial charge < -0.3 is 24.4 Å². The van der Waals surface area contributed by atoms with Gasteiger partial charge in [-0.15, -0.1) is 0 Å². The molecule has 186 valence electrons. The molecule has 2 N–H and O–H groups in total. The molecule has 0 fully saturated rings. The zero-order valence-corrected chi connectivity index (χ0v) is 20.4. The van der Waals surface area contributed by atoms with Gasteiger partial charge in [0.05, 0.1) is 52.4 Å². The van der Waals surface area contributed by atoms with Crippen molar-refractivity contribution >= 4 is 0 Å². The summed E-state index contributed by atoms with van der Waals surface area (Å²) < 4.78 is 15.9. The van der Waals surface area contributed by atoms with E-state index in [4.69, 9.17) is 19.3 Å². The summed E-state index contributed by atoms with van der Waals surface area (Å²) >= 11 is 0. The van der Waals surface area contributed by atoms with Gasteiger partial charge in [0, 0.05) is 0 Å². The first-order chi connectivity index (χ1) is 15.3. The monoisotopic (exact) mass is 444 g/mol. The van der Waals surface area contributed by atoms with Crippen LogP contribution in [-0.2, 0) is 14.2 Å². The normalized spacial score (nSPS) is 12.7. The molecule has 0 saturated carbocycles. The second kappa shape index (κ2) is 27.6. The van der Waals surface area contributed by atoms with Crippen molar-refractivity contribution in [3.63, 3.8) is 0 Å². The van der Waals surface area contributed by atoms with Gasteiger partial charge in [0.25, 0.3) is 0 Å². The van der Waals surface area contributed by atoms with Crippen molar-refractivity contribution in [2.24, 2.45) is 0 Å². The lowest BCUT2D eigenvalue weighted by molar-refractivity contribution is -0.0144. The van der Waals surface area contributed by atoms with Crippen LogP contribution in [0.25, 0.3) is 0 Å². The predicted molar refractivity (Wildman–Crippen MR) is 130 cm³/mol. The van der Waals surface area contributed by atoms with E-state index < -0.39 is 0 Å². The minimum absolute atomic E-state index is 0.0397. The van der Waals surface area contributed by atoms with Crippen LogP contribution in [0.3, 0.4) is 0 Å². The highest BCUT2D eigenvalue weighted by Crippen LogP contribution is 2.11. The van der Waals surface area contributed by atoms with Crippen LogP contribution in [0.1, 0.15) is 103 Å². The SMILES string of the molecule is CCCCCCCC/C=C\CCCCCCCCC(O)COCCOCCOCCO. The van der Waals surface area contributed by atoms with Crippen molar-refractivity contribution < 1.29 is 24.4 Å². The Labute approximate surface area is 192 Å². The van der Waals surface area contributed by atoms with Gasteiger partial charge >= 0.3 is 0 Å². The number of hydrogen-bond donors (Lipinski definition) is 2. The average Bonchev–Trinajstić information content (AvgIpc) is 2.77. The lowest BCUT2D eigenvalue weighted by Gasteiger charge is -2.11. The Morgan fingerprint density at radius 1 is 0.613 bits per heavy atom.